The van der Waals surface area contributed by atoms with E-state index in [0.29, 0.717) is 0 Å². The molecular weight excluding hydrogens is 160 g/mol. The summed E-state index contributed by atoms with van der Waals surface area (Å²) in [7, 11) is 0. The van der Waals surface area contributed by atoms with Crippen molar-refractivity contribution in [3.05, 3.63) is 6.61 Å². The zero-order chi connectivity index (χ0) is 9.36. The lowest BCUT2D eigenvalue weighted by Crippen LogP contribution is -2.09. The molecule has 77 valence electrons. The van der Waals surface area contributed by atoms with Gasteiger partial charge in [0.05, 0.1) is 6.61 Å². The van der Waals surface area contributed by atoms with Crippen LogP contribution >= 0.6 is 0 Å². The average molecular weight is 183 g/mol. The van der Waals surface area contributed by atoms with Crippen LogP contribution in [0.15, 0.2) is 0 Å². The molecule has 0 aliphatic heterocycles. The van der Waals surface area contributed by atoms with Gasteiger partial charge in [0, 0.05) is 6.61 Å². The molecule has 1 radical (unpaired) electrons. The molecular formula is C12H23O. The molecule has 0 saturated heterocycles. The molecule has 1 saturated carbocycles. The normalized spacial score (nSPS) is 19.2. The molecule has 0 aromatic heterocycles. The Bertz CT molecular complexity index is 106. The van der Waals surface area contributed by atoms with Crippen LogP contribution in [0.2, 0.25) is 0 Å². The lowest BCUT2D eigenvalue weighted by atomic mass is 9.90. The van der Waals surface area contributed by atoms with Gasteiger partial charge in [0.25, 0.3) is 0 Å². The molecule has 0 aromatic carbocycles. The van der Waals surface area contributed by atoms with Crippen molar-refractivity contribution in [2.75, 3.05) is 6.61 Å². The monoisotopic (exact) mass is 183 g/mol. The van der Waals surface area contributed by atoms with E-state index in [9.17, 15) is 0 Å². The summed E-state index contributed by atoms with van der Waals surface area (Å²) >= 11 is 0. The highest BCUT2D eigenvalue weighted by Crippen LogP contribution is 2.25. The quantitative estimate of drug-likeness (QED) is 0.567. The van der Waals surface area contributed by atoms with Gasteiger partial charge in [-0.05, 0) is 25.2 Å². The van der Waals surface area contributed by atoms with Gasteiger partial charge in [-0.2, -0.15) is 0 Å². The van der Waals surface area contributed by atoms with Crippen molar-refractivity contribution < 1.29 is 4.74 Å². The first-order valence-corrected chi connectivity index (χ1v) is 5.88. The van der Waals surface area contributed by atoms with Gasteiger partial charge in [-0.25, -0.2) is 0 Å². The summed E-state index contributed by atoms with van der Waals surface area (Å²) in [5.41, 5.74) is 0. The zero-order valence-corrected chi connectivity index (χ0v) is 8.93. The minimum Gasteiger partial charge on any atom is -0.375 e. The molecule has 0 aromatic rings. The van der Waals surface area contributed by atoms with Gasteiger partial charge >= 0.3 is 0 Å². The number of hydrogen-bond acceptors (Lipinski definition) is 1. The molecule has 0 N–H and O–H groups in total. The Hall–Kier alpha value is -0.0400. The Morgan fingerprint density at radius 3 is 2.62 bits per heavy atom. The molecule has 1 aliphatic carbocycles. The minimum absolute atomic E-state index is 0.760. The highest BCUT2D eigenvalue weighted by atomic mass is 16.5. The molecule has 1 nitrogen and oxygen atoms in total. The largest absolute Gasteiger partial charge is 0.375 e. The third-order valence-electron chi connectivity index (χ3n) is 2.80. The molecule has 1 rings (SSSR count). The van der Waals surface area contributed by atoms with E-state index in [-0.39, 0.29) is 0 Å². The fourth-order valence-corrected chi connectivity index (χ4v) is 1.91. The first-order chi connectivity index (χ1) is 6.43. The Morgan fingerprint density at radius 2 is 1.92 bits per heavy atom. The van der Waals surface area contributed by atoms with Crippen molar-refractivity contribution in [3.63, 3.8) is 0 Å². The third-order valence-corrected chi connectivity index (χ3v) is 2.80. The number of hydrogen-bond donors (Lipinski definition) is 0. The molecule has 1 aliphatic rings. The van der Waals surface area contributed by atoms with E-state index in [1.165, 1.54) is 51.4 Å². The lowest BCUT2D eigenvalue weighted by molar-refractivity contribution is 0.145. The maximum Gasteiger partial charge on any atom is 0.0867 e. The lowest BCUT2D eigenvalue weighted by Gasteiger charge is -2.20. The first kappa shape index (κ1) is 11.0. The summed E-state index contributed by atoms with van der Waals surface area (Å²) in [6.45, 7) is 5.27. The van der Waals surface area contributed by atoms with E-state index in [1.807, 2.05) is 0 Å². The van der Waals surface area contributed by atoms with Gasteiger partial charge < -0.3 is 4.74 Å². The average Bonchev–Trinajstić information content (AvgIpc) is 2.19. The highest BCUT2D eigenvalue weighted by Gasteiger charge is 2.13. The molecule has 1 fully saturated rings. The van der Waals surface area contributed by atoms with E-state index in [0.717, 1.165) is 12.5 Å². The van der Waals surface area contributed by atoms with Gasteiger partial charge in [0.1, 0.15) is 0 Å². The van der Waals surface area contributed by atoms with Gasteiger partial charge in [-0.3, -0.25) is 0 Å². The van der Waals surface area contributed by atoms with Crippen LogP contribution in [0.1, 0.15) is 58.3 Å². The van der Waals surface area contributed by atoms with Crippen molar-refractivity contribution in [3.8, 4) is 0 Å². The summed E-state index contributed by atoms with van der Waals surface area (Å²) in [6.07, 6.45) is 10.8. The fraction of sp³-hybridized carbons (Fsp3) is 0.917. The molecule has 0 spiro atoms. The van der Waals surface area contributed by atoms with Crippen LogP contribution in [0.4, 0.5) is 0 Å². The summed E-state index contributed by atoms with van der Waals surface area (Å²) in [5, 5.41) is 0. The van der Waals surface area contributed by atoms with Crippen molar-refractivity contribution in [1.82, 2.24) is 0 Å². The van der Waals surface area contributed by atoms with Crippen LogP contribution in [0.25, 0.3) is 0 Å². The second kappa shape index (κ2) is 7.37. The molecule has 1 heteroatoms. The minimum atomic E-state index is 0.760. The Kier molecular flexibility index (Phi) is 6.26. The number of unbranched alkanes of at least 4 members (excludes halogenated alkanes) is 2. The van der Waals surface area contributed by atoms with Crippen molar-refractivity contribution in [2.45, 2.75) is 58.3 Å². The van der Waals surface area contributed by atoms with Gasteiger partial charge in [0.2, 0.25) is 0 Å². The summed E-state index contributed by atoms with van der Waals surface area (Å²) < 4.78 is 5.55. The van der Waals surface area contributed by atoms with Crippen LogP contribution in [0.3, 0.4) is 0 Å². The van der Waals surface area contributed by atoms with Gasteiger partial charge in [-0.1, -0.05) is 39.0 Å². The SMILES string of the molecule is CCCCCO[CH]C1CCCCC1. The molecule has 13 heavy (non-hydrogen) atoms. The number of ether oxygens (including phenoxy) is 1. The van der Waals surface area contributed by atoms with E-state index in [4.69, 9.17) is 4.74 Å². The predicted molar refractivity (Wildman–Crippen MR) is 56.4 cm³/mol. The fourth-order valence-electron chi connectivity index (χ4n) is 1.91. The van der Waals surface area contributed by atoms with Crippen LogP contribution in [-0.4, -0.2) is 6.61 Å². The topological polar surface area (TPSA) is 9.23 Å². The van der Waals surface area contributed by atoms with Gasteiger partial charge in [-0.15, -0.1) is 0 Å². The summed E-state index contributed by atoms with van der Waals surface area (Å²) in [6, 6.07) is 0. The first-order valence-electron chi connectivity index (χ1n) is 5.88. The molecule has 0 heterocycles. The Labute approximate surface area is 82.9 Å². The van der Waals surface area contributed by atoms with Crippen LogP contribution in [0.5, 0.6) is 0 Å². The molecule has 0 amide bonds. The molecule has 0 atom stereocenters. The van der Waals surface area contributed by atoms with E-state index in [1.54, 1.807) is 0 Å². The summed E-state index contributed by atoms with van der Waals surface area (Å²) in [4.78, 5) is 0. The highest BCUT2D eigenvalue weighted by molar-refractivity contribution is 4.72. The van der Waals surface area contributed by atoms with E-state index < -0.39 is 0 Å². The second-order valence-corrected chi connectivity index (χ2v) is 4.11. The van der Waals surface area contributed by atoms with E-state index in [2.05, 4.69) is 13.5 Å². The standard InChI is InChI=1S/C12H23O/c1-2-3-7-10-13-11-12-8-5-4-6-9-12/h11-12H,2-10H2,1H3. The Morgan fingerprint density at radius 1 is 1.15 bits per heavy atom. The Balaban J connectivity index is 1.86. The van der Waals surface area contributed by atoms with Crippen LogP contribution < -0.4 is 0 Å². The van der Waals surface area contributed by atoms with Crippen molar-refractivity contribution in [1.29, 1.82) is 0 Å². The summed E-state index contributed by atoms with van der Waals surface area (Å²) in [5.74, 6) is 0.760. The van der Waals surface area contributed by atoms with Crippen molar-refractivity contribution in [2.24, 2.45) is 5.92 Å². The second-order valence-electron chi connectivity index (χ2n) is 4.11. The number of rotatable bonds is 6. The van der Waals surface area contributed by atoms with Crippen LogP contribution in [0, 0.1) is 12.5 Å². The third kappa shape index (κ3) is 5.30. The maximum absolute atomic E-state index is 5.55. The van der Waals surface area contributed by atoms with E-state index >= 15 is 0 Å². The molecule has 0 bridgehead atoms. The van der Waals surface area contributed by atoms with Gasteiger partial charge in [0.15, 0.2) is 0 Å². The van der Waals surface area contributed by atoms with Crippen molar-refractivity contribution >= 4 is 0 Å². The zero-order valence-electron chi connectivity index (χ0n) is 8.93. The molecule has 0 unspecified atom stereocenters. The predicted octanol–water partition coefficient (Wildman–Crippen LogP) is 3.94. The smallest absolute Gasteiger partial charge is 0.0867 e. The maximum atomic E-state index is 5.55. The van der Waals surface area contributed by atoms with Crippen LogP contribution in [-0.2, 0) is 4.74 Å².